The number of hydrogen-bond donors (Lipinski definition) is 1. The SMILES string of the molecule is C/C=C/c1ccc(OCC(=O)Nc2cc(-n3cnnn3)ccc2C)c(OC)c1. The third-order valence-electron chi connectivity index (χ3n) is 4.01. The largest absolute Gasteiger partial charge is 0.493 e. The van der Waals surface area contributed by atoms with E-state index in [1.165, 1.54) is 11.0 Å². The van der Waals surface area contributed by atoms with Crippen LogP contribution in [0.15, 0.2) is 48.8 Å². The normalized spacial score (nSPS) is 10.8. The molecule has 0 saturated carbocycles. The molecule has 0 aliphatic carbocycles. The minimum absolute atomic E-state index is 0.145. The minimum Gasteiger partial charge on any atom is -0.493 e. The van der Waals surface area contributed by atoms with Gasteiger partial charge in [-0.15, -0.1) is 5.10 Å². The fourth-order valence-corrected chi connectivity index (χ4v) is 2.60. The van der Waals surface area contributed by atoms with Crippen LogP contribution in [0, 0.1) is 6.92 Å². The smallest absolute Gasteiger partial charge is 0.262 e. The van der Waals surface area contributed by atoms with Gasteiger partial charge < -0.3 is 14.8 Å². The average Bonchev–Trinajstić information content (AvgIpc) is 3.23. The summed E-state index contributed by atoms with van der Waals surface area (Å²) in [5.41, 5.74) is 3.31. The number of aryl methyl sites for hydroxylation is 1. The lowest BCUT2D eigenvalue weighted by atomic mass is 10.2. The lowest BCUT2D eigenvalue weighted by molar-refractivity contribution is -0.118. The summed E-state index contributed by atoms with van der Waals surface area (Å²) in [6.07, 6.45) is 5.39. The van der Waals surface area contributed by atoms with E-state index in [2.05, 4.69) is 20.8 Å². The van der Waals surface area contributed by atoms with Crippen molar-refractivity contribution in [2.75, 3.05) is 19.0 Å². The Kier molecular flexibility index (Phi) is 6.01. The number of anilines is 1. The number of rotatable bonds is 7. The zero-order valence-corrected chi connectivity index (χ0v) is 15.9. The fraction of sp³-hybridized carbons (Fsp3) is 0.200. The van der Waals surface area contributed by atoms with E-state index in [4.69, 9.17) is 9.47 Å². The molecule has 0 aliphatic rings. The molecular weight excluding hydrogens is 358 g/mol. The van der Waals surface area contributed by atoms with E-state index in [1.807, 2.05) is 50.3 Å². The first-order valence-corrected chi connectivity index (χ1v) is 8.68. The molecule has 28 heavy (non-hydrogen) atoms. The van der Waals surface area contributed by atoms with Crippen molar-refractivity contribution < 1.29 is 14.3 Å². The molecule has 144 valence electrons. The van der Waals surface area contributed by atoms with E-state index in [9.17, 15) is 4.79 Å². The van der Waals surface area contributed by atoms with Crippen molar-refractivity contribution in [2.45, 2.75) is 13.8 Å². The third kappa shape index (κ3) is 4.53. The van der Waals surface area contributed by atoms with Crippen LogP contribution in [-0.2, 0) is 4.79 Å². The van der Waals surface area contributed by atoms with Crippen molar-refractivity contribution in [3.05, 3.63) is 59.9 Å². The molecule has 3 aromatic rings. The second-order valence-corrected chi connectivity index (χ2v) is 6.00. The van der Waals surface area contributed by atoms with Gasteiger partial charge in [0.1, 0.15) is 6.33 Å². The summed E-state index contributed by atoms with van der Waals surface area (Å²) in [7, 11) is 1.57. The lowest BCUT2D eigenvalue weighted by Gasteiger charge is -2.13. The zero-order chi connectivity index (χ0) is 19.9. The molecule has 1 heterocycles. The molecule has 1 N–H and O–H groups in total. The lowest BCUT2D eigenvalue weighted by Crippen LogP contribution is -2.21. The van der Waals surface area contributed by atoms with Crippen LogP contribution < -0.4 is 14.8 Å². The predicted octanol–water partition coefficient (Wildman–Crippen LogP) is 3.03. The van der Waals surface area contributed by atoms with Crippen LogP contribution in [0.3, 0.4) is 0 Å². The van der Waals surface area contributed by atoms with Crippen LogP contribution in [0.25, 0.3) is 11.8 Å². The number of nitrogens with one attached hydrogen (secondary N) is 1. The average molecular weight is 379 g/mol. The molecule has 3 rings (SSSR count). The molecule has 0 fully saturated rings. The van der Waals surface area contributed by atoms with Gasteiger partial charge in [-0.05, 0) is 59.7 Å². The highest BCUT2D eigenvalue weighted by atomic mass is 16.5. The highest BCUT2D eigenvalue weighted by molar-refractivity contribution is 5.93. The summed E-state index contributed by atoms with van der Waals surface area (Å²) in [4.78, 5) is 12.4. The summed E-state index contributed by atoms with van der Waals surface area (Å²) in [5.74, 6) is 0.793. The molecule has 0 saturated heterocycles. The number of carbonyl (C=O) groups excluding carboxylic acids is 1. The molecule has 0 radical (unpaired) electrons. The molecule has 2 aromatic carbocycles. The second kappa shape index (κ2) is 8.81. The third-order valence-corrected chi connectivity index (χ3v) is 4.01. The number of tetrazole rings is 1. The van der Waals surface area contributed by atoms with Gasteiger partial charge in [-0.3, -0.25) is 4.79 Å². The standard InChI is InChI=1S/C20H21N5O3/c1-4-5-15-7-9-18(19(10-15)27-3)28-12-20(26)22-17-11-16(8-6-14(17)2)25-13-21-23-24-25/h4-11,13H,12H2,1-3H3,(H,22,26)/b5-4+. The Labute approximate surface area is 162 Å². The van der Waals surface area contributed by atoms with E-state index in [0.717, 1.165) is 16.8 Å². The number of allylic oxidation sites excluding steroid dienone is 1. The van der Waals surface area contributed by atoms with Gasteiger partial charge in [0.05, 0.1) is 12.8 Å². The van der Waals surface area contributed by atoms with Crippen LogP contribution in [0.2, 0.25) is 0 Å². The first-order valence-electron chi connectivity index (χ1n) is 8.68. The molecule has 0 aliphatic heterocycles. The van der Waals surface area contributed by atoms with Crippen molar-refractivity contribution in [3.8, 4) is 17.2 Å². The van der Waals surface area contributed by atoms with Gasteiger partial charge in [0.15, 0.2) is 18.1 Å². The Hall–Kier alpha value is -3.68. The van der Waals surface area contributed by atoms with Crippen molar-refractivity contribution in [2.24, 2.45) is 0 Å². The summed E-state index contributed by atoms with van der Waals surface area (Å²) in [5, 5.41) is 13.9. The maximum absolute atomic E-state index is 12.4. The van der Waals surface area contributed by atoms with E-state index < -0.39 is 0 Å². The van der Waals surface area contributed by atoms with Crippen LogP contribution >= 0.6 is 0 Å². The Bertz CT molecular complexity index is 984. The number of aromatic nitrogens is 4. The number of carbonyl (C=O) groups is 1. The summed E-state index contributed by atoms with van der Waals surface area (Å²) < 4.78 is 12.5. The summed E-state index contributed by atoms with van der Waals surface area (Å²) >= 11 is 0. The van der Waals surface area contributed by atoms with Gasteiger partial charge in [-0.1, -0.05) is 24.3 Å². The second-order valence-electron chi connectivity index (χ2n) is 6.00. The molecular formula is C20H21N5O3. The first kappa shape index (κ1) is 19.1. The molecule has 0 atom stereocenters. The van der Waals surface area contributed by atoms with Crippen LogP contribution in [-0.4, -0.2) is 39.8 Å². The topological polar surface area (TPSA) is 91.2 Å². The van der Waals surface area contributed by atoms with Gasteiger partial charge in [0.25, 0.3) is 5.91 Å². The first-order chi connectivity index (χ1) is 13.6. The number of hydrogen-bond acceptors (Lipinski definition) is 6. The molecule has 8 heteroatoms. The minimum atomic E-state index is -0.281. The van der Waals surface area contributed by atoms with Gasteiger partial charge in [-0.25, -0.2) is 4.68 Å². The molecule has 8 nitrogen and oxygen atoms in total. The number of benzene rings is 2. The number of nitrogens with zero attached hydrogens (tertiary/aromatic N) is 4. The van der Waals surface area contributed by atoms with Gasteiger partial charge in [-0.2, -0.15) is 0 Å². The van der Waals surface area contributed by atoms with Crippen LogP contribution in [0.4, 0.5) is 5.69 Å². The summed E-state index contributed by atoms with van der Waals surface area (Å²) in [6, 6.07) is 11.1. The maximum Gasteiger partial charge on any atom is 0.262 e. The molecule has 1 aromatic heterocycles. The monoisotopic (exact) mass is 379 g/mol. The molecule has 1 amide bonds. The molecule has 0 spiro atoms. The van der Waals surface area contributed by atoms with Crippen molar-refractivity contribution in [1.82, 2.24) is 20.2 Å². The van der Waals surface area contributed by atoms with Crippen LogP contribution in [0.1, 0.15) is 18.1 Å². The van der Waals surface area contributed by atoms with Gasteiger partial charge in [0.2, 0.25) is 0 Å². The maximum atomic E-state index is 12.4. The highest BCUT2D eigenvalue weighted by Crippen LogP contribution is 2.28. The Balaban J connectivity index is 1.67. The highest BCUT2D eigenvalue weighted by Gasteiger charge is 2.11. The number of methoxy groups -OCH3 is 1. The van der Waals surface area contributed by atoms with E-state index in [-0.39, 0.29) is 12.5 Å². The summed E-state index contributed by atoms with van der Waals surface area (Å²) in [6.45, 7) is 3.70. The Morgan fingerprint density at radius 1 is 1.21 bits per heavy atom. The quantitative estimate of drug-likeness (QED) is 0.678. The van der Waals surface area contributed by atoms with E-state index in [0.29, 0.717) is 17.2 Å². The van der Waals surface area contributed by atoms with E-state index >= 15 is 0 Å². The number of amides is 1. The Morgan fingerprint density at radius 2 is 2.07 bits per heavy atom. The Morgan fingerprint density at radius 3 is 2.79 bits per heavy atom. The van der Waals surface area contributed by atoms with E-state index in [1.54, 1.807) is 19.2 Å². The molecule has 0 unspecified atom stereocenters. The zero-order valence-electron chi connectivity index (χ0n) is 15.9. The number of ether oxygens (including phenoxy) is 2. The van der Waals surface area contributed by atoms with Crippen molar-refractivity contribution >= 4 is 17.7 Å². The molecule has 0 bridgehead atoms. The van der Waals surface area contributed by atoms with Crippen molar-refractivity contribution in [3.63, 3.8) is 0 Å². The van der Waals surface area contributed by atoms with Crippen molar-refractivity contribution in [1.29, 1.82) is 0 Å². The van der Waals surface area contributed by atoms with Gasteiger partial charge >= 0.3 is 0 Å². The van der Waals surface area contributed by atoms with Gasteiger partial charge in [0, 0.05) is 5.69 Å². The fourth-order valence-electron chi connectivity index (χ4n) is 2.60. The predicted molar refractivity (Wildman–Crippen MR) is 106 cm³/mol. The van der Waals surface area contributed by atoms with Crippen LogP contribution in [0.5, 0.6) is 11.5 Å².